The molecule has 0 amide bonds. The van der Waals surface area contributed by atoms with Crippen LogP contribution in [-0.4, -0.2) is 19.5 Å². The number of rotatable bonds is 6. The molecule has 0 saturated carbocycles. The number of phenolic OH excluding ortho intramolecular Hbond substituents is 1. The molecule has 0 saturated heterocycles. The number of halogens is 2. The van der Waals surface area contributed by atoms with E-state index in [0.29, 0.717) is 15.6 Å². The normalized spacial score (nSPS) is 11.9. The van der Waals surface area contributed by atoms with Crippen LogP contribution in [0.15, 0.2) is 101 Å². The lowest BCUT2D eigenvalue weighted by atomic mass is 9.92. The van der Waals surface area contributed by atoms with Crippen molar-refractivity contribution in [2.24, 2.45) is 10.7 Å². The average Bonchev–Trinajstić information content (AvgIpc) is 2.84. The Morgan fingerprint density at radius 2 is 1.34 bits per heavy atom. The number of phenols is 1. The van der Waals surface area contributed by atoms with Gasteiger partial charge >= 0.3 is 0 Å². The second-order valence-corrected chi connectivity index (χ2v) is 10.2. The Kier molecular flexibility index (Phi) is 7.31. The highest BCUT2D eigenvalue weighted by molar-refractivity contribution is 7.90. The second kappa shape index (κ2) is 10.4. The monoisotopic (exact) mass is 525 g/mol. The van der Waals surface area contributed by atoms with E-state index in [1.165, 1.54) is 12.1 Å². The van der Waals surface area contributed by atoms with Gasteiger partial charge in [0.1, 0.15) is 5.75 Å². The quantitative estimate of drug-likeness (QED) is 0.217. The van der Waals surface area contributed by atoms with Crippen molar-refractivity contribution in [2.75, 3.05) is 0 Å². The Morgan fingerprint density at radius 1 is 0.829 bits per heavy atom. The molecule has 0 atom stereocenters. The Balaban J connectivity index is 1.68. The minimum absolute atomic E-state index is 0.00451. The van der Waals surface area contributed by atoms with Crippen molar-refractivity contribution in [1.29, 1.82) is 0 Å². The van der Waals surface area contributed by atoms with Crippen LogP contribution in [0.5, 0.6) is 5.75 Å². The molecule has 0 heterocycles. The van der Waals surface area contributed by atoms with Crippen LogP contribution in [0.25, 0.3) is 22.3 Å². The summed E-state index contributed by atoms with van der Waals surface area (Å²) in [7, 11) is -3.87. The highest BCUT2D eigenvalue weighted by atomic mass is 35.5. The minimum atomic E-state index is -3.87. The summed E-state index contributed by atoms with van der Waals surface area (Å²) in [6, 6.07) is 25.9. The topological polar surface area (TPSA) is 105 Å². The molecule has 4 aromatic rings. The molecular weight excluding hydrogens is 505 g/mol. The number of sulfonamides is 1. The van der Waals surface area contributed by atoms with Crippen molar-refractivity contribution >= 4 is 39.2 Å². The van der Waals surface area contributed by atoms with Crippen molar-refractivity contribution < 1.29 is 13.5 Å². The Labute approximate surface area is 213 Å². The van der Waals surface area contributed by atoms with Gasteiger partial charge in [0.05, 0.1) is 11.4 Å². The van der Waals surface area contributed by atoms with Crippen molar-refractivity contribution in [3.8, 4) is 28.0 Å². The second-order valence-electron chi connectivity index (χ2n) is 7.66. The number of nitrogens with one attached hydrogen (secondary N) is 1. The third-order valence-electron chi connectivity index (χ3n) is 5.24. The molecule has 4 rings (SSSR count). The number of benzene rings is 4. The summed E-state index contributed by atoms with van der Waals surface area (Å²) in [6.07, 6.45) is 0. The number of aliphatic imine (C=N–C) groups is 1. The summed E-state index contributed by atoms with van der Waals surface area (Å²) < 4.78 is 27.2. The van der Waals surface area contributed by atoms with Gasteiger partial charge in [0, 0.05) is 15.6 Å². The molecular formula is C26H21Cl2N3O3S. The maximum Gasteiger partial charge on any atom is 0.264 e. The van der Waals surface area contributed by atoms with E-state index in [9.17, 15) is 13.5 Å². The van der Waals surface area contributed by atoms with Gasteiger partial charge in [-0.3, -0.25) is 0 Å². The maximum atomic E-state index is 12.5. The maximum absolute atomic E-state index is 12.5. The average molecular weight is 526 g/mol. The van der Waals surface area contributed by atoms with Gasteiger partial charge in [-0.1, -0.05) is 65.7 Å². The zero-order chi connectivity index (χ0) is 25.0. The minimum Gasteiger partial charge on any atom is -0.508 e. The van der Waals surface area contributed by atoms with Gasteiger partial charge in [-0.05, 0) is 70.8 Å². The first-order chi connectivity index (χ1) is 16.7. The molecule has 0 spiro atoms. The van der Waals surface area contributed by atoms with Gasteiger partial charge in [0.2, 0.25) is 5.96 Å². The van der Waals surface area contributed by atoms with Crippen LogP contribution in [0.4, 0.5) is 0 Å². The van der Waals surface area contributed by atoms with E-state index >= 15 is 0 Å². The summed E-state index contributed by atoms with van der Waals surface area (Å²) in [5.74, 6) is -0.293. The molecule has 4 aromatic carbocycles. The molecule has 9 heteroatoms. The first-order valence-corrected chi connectivity index (χ1v) is 12.7. The van der Waals surface area contributed by atoms with E-state index in [1.807, 2.05) is 24.3 Å². The fourth-order valence-electron chi connectivity index (χ4n) is 3.50. The number of hydrogen-bond acceptors (Lipinski definition) is 4. The number of aromatic hydroxyl groups is 1. The van der Waals surface area contributed by atoms with E-state index in [4.69, 9.17) is 28.9 Å². The summed E-state index contributed by atoms with van der Waals surface area (Å²) in [6.45, 7) is -0.0452. The van der Waals surface area contributed by atoms with Gasteiger partial charge in [-0.25, -0.2) is 18.1 Å². The first-order valence-electron chi connectivity index (χ1n) is 10.5. The number of guanidine groups is 1. The SMILES string of the molecule is NC(=NCc1cc(-c2ccc(Cl)cc2)c(-c2ccc(Cl)cc2)cc1O)NS(=O)(=O)c1ccccc1. The van der Waals surface area contributed by atoms with Crippen LogP contribution in [0.1, 0.15) is 5.56 Å². The third kappa shape index (κ3) is 5.95. The fraction of sp³-hybridized carbons (Fsp3) is 0.0385. The molecule has 35 heavy (non-hydrogen) atoms. The predicted molar refractivity (Wildman–Crippen MR) is 141 cm³/mol. The molecule has 0 bridgehead atoms. The van der Waals surface area contributed by atoms with E-state index < -0.39 is 10.0 Å². The van der Waals surface area contributed by atoms with Crippen molar-refractivity contribution in [3.63, 3.8) is 0 Å². The standard InChI is InChI=1S/C26H21Cl2N3O3S/c27-20-10-6-17(7-11-20)23-14-19(25(32)15-24(23)18-8-12-21(28)13-9-18)16-30-26(29)31-35(33,34)22-4-2-1-3-5-22/h1-15,32H,16H2,(H3,29,30,31). The lowest BCUT2D eigenvalue weighted by Gasteiger charge is -2.14. The van der Waals surface area contributed by atoms with Gasteiger partial charge in [0.25, 0.3) is 10.0 Å². The smallest absolute Gasteiger partial charge is 0.264 e. The highest BCUT2D eigenvalue weighted by Crippen LogP contribution is 2.38. The van der Waals surface area contributed by atoms with Gasteiger partial charge in [-0.15, -0.1) is 0 Å². The molecule has 0 aliphatic carbocycles. The van der Waals surface area contributed by atoms with E-state index in [2.05, 4.69) is 9.71 Å². The van der Waals surface area contributed by atoms with Gasteiger partial charge in [0.15, 0.2) is 0 Å². The molecule has 0 aliphatic rings. The van der Waals surface area contributed by atoms with Crippen LogP contribution in [0.2, 0.25) is 10.0 Å². The lowest BCUT2D eigenvalue weighted by Crippen LogP contribution is -2.36. The number of nitrogens with zero attached hydrogens (tertiary/aromatic N) is 1. The van der Waals surface area contributed by atoms with E-state index in [0.717, 1.165) is 22.3 Å². The Hall–Kier alpha value is -3.52. The van der Waals surface area contributed by atoms with Crippen molar-refractivity contribution in [3.05, 3.63) is 107 Å². The van der Waals surface area contributed by atoms with Crippen molar-refractivity contribution in [2.45, 2.75) is 11.4 Å². The van der Waals surface area contributed by atoms with Gasteiger partial charge in [-0.2, -0.15) is 0 Å². The summed E-state index contributed by atoms with van der Waals surface area (Å²) in [5.41, 5.74) is 9.67. The Bertz CT molecular complexity index is 1470. The molecule has 0 fully saturated rings. The van der Waals surface area contributed by atoms with Crippen LogP contribution in [0.3, 0.4) is 0 Å². The molecule has 6 nitrogen and oxygen atoms in total. The van der Waals surface area contributed by atoms with Crippen LogP contribution < -0.4 is 10.5 Å². The highest BCUT2D eigenvalue weighted by Gasteiger charge is 2.16. The molecule has 178 valence electrons. The van der Waals surface area contributed by atoms with Crippen LogP contribution in [0, 0.1) is 0 Å². The number of nitrogens with two attached hydrogens (primary N) is 1. The van der Waals surface area contributed by atoms with Crippen molar-refractivity contribution in [1.82, 2.24) is 4.72 Å². The zero-order valence-corrected chi connectivity index (χ0v) is 20.6. The first kappa shape index (κ1) is 24.6. The Morgan fingerprint density at radius 3 is 1.89 bits per heavy atom. The number of hydrogen-bond donors (Lipinski definition) is 3. The lowest BCUT2D eigenvalue weighted by molar-refractivity contribution is 0.469. The largest absolute Gasteiger partial charge is 0.508 e. The summed E-state index contributed by atoms with van der Waals surface area (Å²) in [5, 5.41) is 12.0. The van der Waals surface area contributed by atoms with Gasteiger partial charge < -0.3 is 10.8 Å². The summed E-state index contributed by atoms with van der Waals surface area (Å²) >= 11 is 12.1. The molecule has 0 unspecified atom stereocenters. The predicted octanol–water partition coefficient (Wildman–Crippen LogP) is 5.83. The molecule has 0 aromatic heterocycles. The van der Waals surface area contributed by atoms with Crippen LogP contribution >= 0.6 is 23.2 Å². The summed E-state index contributed by atoms with van der Waals surface area (Å²) in [4.78, 5) is 4.20. The molecule has 0 aliphatic heterocycles. The fourth-order valence-corrected chi connectivity index (χ4v) is 4.72. The molecule has 0 radical (unpaired) electrons. The third-order valence-corrected chi connectivity index (χ3v) is 7.12. The van der Waals surface area contributed by atoms with E-state index in [-0.39, 0.29) is 23.1 Å². The molecule has 4 N–H and O–H groups in total. The van der Waals surface area contributed by atoms with Crippen LogP contribution in [-0.2, 0) is 16.6 Å². The zero-order valence-electron chi connectivity index (χ0n) is 18.3. The van der Waals surface area contributed by atoms with E-state index in [1.54, 1.807) is 54.6 Å².